The van der Waals surface area contributed by atoms with E-state index in [0.717, 1.165) is 6.92 Å². The smallest absolute Gasteiger partial charge is 0.326 e. The molecule has 670 valence electrons. The molecule has 5 unspecified atom stereocenters. The van der Waals surface area contributed by atoms with Crippen LogP contribution in [0.3, 0.4) is 0 Å². The fourth-order valence-corrected chi connectivity index (χ4v) is 13.5. The lowest BCUT2D eigenvalue weighted by molar-refractivity contribution is -0.141. The largest absolute Gasteiger partial charge is 0.506 e. The van der Waals surface area contributed by atoms with Crippen LogP contribution in [0.1, 0.15) is 176 Å². The van der Waals surface area contributed by atoms with Crippen LogP contribution in [0.25, 0.3) is 0 Å². The van der Waals surface area contributed by atoms with Gasteiger partial charge in [0.2, 0.25) is 11.8 Å². The molecule has 0 aromatic heterocycles. The average molecular weight is 1730 g/mol. The number of carboxylic acids is 4. The number of nitrogens with zero attached hydrogens (tertiary/aromatic N) is 4. The Balaban J connectivity index is 0.00000516. The zero-order chi connectivity index (χ0) is 90.2. The molecule has 0 radical (unpaired) electrons. The summed E-state index contributed by atoms with van der Waals surface area (Å²) in [6.07, 6.45) is 0.668. The molecule has 9 rings (SSSR count). The van der Waals surface area contributed by atoms with E-state index in [1.807, 2.05) is 19.6 Å². The monoisotopic (exact) mass is 1730 g/mol. The van der Waals surface area contributed by atoms with Crippen molar-refractivity contribution < 1.29 is 118 Å². The van der Waals surface area contributed by atoms with E-state index in [1.54, 1.807) is 24.3 Å². The molecular weight excluding hydrogens is 1620 g/mol. The number of para-hydroxylation sites is 4. The maximum atomic E-state index is 14.7. The van der Waals surface area contributed by atoms with Crippen molar-refractivity contribution in [1.82, 2.24) is 88.7 Å². The molecule has 12 bridgehead atoms. The minimum absolute atomic E-state index is 0.00292. The second-order valence-corrected chi connectivity index (χ2v) is 29.4. The van der Waals surface area contributed by atoms with Gasteiger partial charge in [-0.2, -0.15) is 0 Å². The molecule has 0 saturated carbocycles. The summed E-state index contributed by atoms with van der Waals surface area (Å²) < 4.78 is 0. The molecular formula is C83H109N17O24. The Morgan fingerprint density at radius 3 is 1.06 bits per heavy atom. The number of nitrogens with one attached hydrogen (secondary N) is 13. The third-order valence-corrected chi connectivity index (χ3v) is 20.2. The fourth-order valence-electron chi connectivity index (χ4n) is 13.5. The minimum atomic E-state index is -1.56. The van der Waals surface area contributed by atoms with Crippen LogP contribution in [0.5, 0.6) is 23.0 Å². The Labute approximate surface area is 713 Å². The molecule has 5 aromatic carbocycles. The van der Waals surface area contributed by atoms with Crippen molar-refractivity contribution in [3.8, 4) is 23.0 Å². The van der Waals surface area contributed by atoms with Crippen molar-refractivity contribution in [3.63, 3.8) is 0 Å². The molecule has 41 nitrogen and oxygen atoms in total. The van der Waals surface area contributed by atoms with E-state index in [0.29, 0.717) is 30.4 Å². The first-order valence-corrected chi connectivity index (χ1v) is 40.7. The van der Waals surface area contributed by atoms with Gasteiger partial charge in [-0.05, 0) is 118 Å². The number of aliphatic carboxylic acids is 4. The number of hydrogen-bond acceptors (Lipinski definition) is 24. The zero-order valence-electron chi connectivity index (χ0n) is 68.7. The molecule has 41 heteroatoms. The number of rotatable bonds is 24. The summed E-state index contributed by atoms with van der Waals surface area (Å²) in [5, 5.41) is 117. The highest BCUT2D eigenvalue weighted by atomic mass is 16.4. The van der Waals surface area contributed by atoms with E-state index in [9.17, 15) is 103 Å². The van der Waals surface area contributed by atoms with Crippen molar-refractivity contribution in [2.75, 3.05) is 137 Å². The molecule has 21 N–H and O–H groups in total. The summed E-state index contributed by atoms with van der Waals surface area (Å²) in [5.41, 5.74) is -0.723. The van der Waals surface area contributed by atoms with Crippen LogP contribution < -0.4 is 69.1 Å². The molecule has 0 aliphatic carbocycles. The SMILES string of the molecule is CC(=O)O.O=C(O)CC[C@H](NC(=O)N[C@@H](CCCCNC(=O)c1ccc(CNC(=O)CCCC(=O)NCCCCC2CN3CCNC(=O)c4cccc(c4O)C(=O)NCCN4CCNC(=O)c5cccc(c5O)C(=O)NCCN(CCNC(=O)c5cccc(c5O)C(=O)NCCN(CCNC(=O)c5cccc(c5O)C(=O)N2)CC4)CC3)cc1)C(=O)O)C(=O)O. The van der Waals surface area contributed by atoms with Gasteiger partial charge in [-0.15, -0.1) is 0 Å². The predicted octanol–water partition coefficient (Wildman–Crippen LogP) is -0.100. The maximum absolute atomic E-state index is 14.7. The highest BCUT2D eigenvalue weighted by Crippen LogP contribution is 2.27. The number of carbonyl (C=O) groups is 16. The Morgan fingerprint density at radius 2 is 0.702 bits per heavy atom. The number of phenols is 4. The van der Waals surface area contributed by atoms with E-state index >= 15 is 0 Å². The maximum Gasteiger partial charge on any atom is 0.326 e. The molecule has 4 aliphatic rings. The van der Waals surface area contributed by atoms with E-state index in [4.69, 9.17) is 15.0 Å². The van der Waals surface area contributed by atoms with Gasteiger partial charge in [0, 0.05) is 182 Å². The highest BCUT2D eigenvalue weighted by molar-refractivity contribution is 6.07. The van der Waals surface area contributed by atoms with Gasteiger partial charge < -0.3 is 110 Å². The van der Waals surface area contributed by atoms with Gasteiger partial charge in [0.1, 0.15) is 35.1 Å². The summed E-state index contributed by atoms with van der Waals surface area (Å²) >= 11 is 0. The van der Waals surface area contributed by atoms with Gasteiger partial charge in [-0.1, -0.05) is 36.4 Å². The standard InChI is InChI=1S/C81H105N17O22.C2H4O2/c99-63(20-9-21-64(100)91-48-50-22-24-51(25-23-50)70(107)83-29-4-2-19-61(79(116)117)93-81(120)94-62(80(118)119)26-27-65(101)102)82-28-3-1-10-52-49-98-43-36-90-76(113)58-16-7-15-57(68(58)105)73(110)86-31-38-95-37-30-84-71(108)53-11-5-13-55(66(53)103)74(111)87-34-41-97(46-47-98)42-35-88-75(112)56-14-6-12-54(67(56)104)72(109)85-32-39-96(45-44-95)40-33-89-77(114)59-17-8-18-60(69(59)106)78(115)92-52;1-2(3)4/h5-8,11-18,22-25,52,61-62,103-106H,1-4,9-10,19-21,26-49H2,(H,82,99)(H,83,107)(H,84,108)(H,85,109)(H,86,110)(H,87,111)(H,88,112)(H,89,114)(H,90,113)(H,91,100)(H,92,115)(H,101,102)(H,116,117)(H,118,119)(H2,93,94,120);1H3,(H,3,4)/t52?,61-,62-;/m0./s1. The van der Waals surface area contributed by atoms with Crippen LogP contribution in [-0.4, -0.2) is 311 Å². The quantitative estimate of drug-likeness (QED) is 0.0359. The summed E-state index contributed by atoms with van der Waals surface area (Å²) in [7, 11) is 0. The number of carboxylic acid groups (broad SMARTS) is 4. The lowest BCUT2D eigenvalue weighted by Gasteiger charge is -2.31. The van der Waals surface area contributed by atoms with Crippen molar-refractivity contribution in [2.24, 2.45) is 0 Å². The molecule has 5 aromatic rings. The summed E-state index contributed by atoms with van der Waals surface area (Å²) in [6.45, 7) is 2.54. The van der Waals surface area contributed by atoms with Crippen LogP contribution in [0.15, 0.2) is 97.1 Å². The van der Waals surface area contributed by atoms with Crippen molar-refractivity contribution in [2.45, 2.75) is 102 Å². The first kappa shape index (κ1) is 97.6. The number of aromatic hydroxyl groups is 4. The summed E-state index contributed by atoms with van der Waals surface area (Å²) in [4.78, 5) is 215. The Kier molecular flexibility index (Phi) is 39.9. The molecule has 0 fully saturated rings. The van der Waals surface area contributed by atoms with Crippen LogP contribution in [0, 0.1) is 0 Å². The molecule has 4 aliphatic heterocycles. The van der Waals surface area contributed by atoms with Crippen LogP contribution in [0.4, 0.5) is 4.79 Å². The molecule has 4 heterocycles. The van der Waals surface area contributed by atoms with Crippen LogP contribution in [0.2, 0.25) is 0 Å². The predicted molar refractivity (Wildman–Crippen MR) is 446 cm³/mol. The van der Waals surface area contributed by atoms with E-state index in [-0.39, 0.29) is 239 Å². The van der Waals surface area contributed by atoms with Gasteiger partial charge in [-0.25, -0.2) is 14.4 Å². The fraction of sp³-hybridized carbons (Fsp3) is 0.446. The highest BCUT2D eigenvalue weighted by Gasteiger charge is 2.30. The van der Waals surface area contributed by atoms with E-state index in [2.05, 4.69) is 69.1 Å². The number of amides is 13. The first-order valence-electron chi connectivity index (χ1n) is 40.7. The average Bonchev–Trinajstić information content (AvgIpc) is 0.900. The minimum Gasteiger partial charge on any atom is -0.506 e. The van der Waals surface area contributed by atoms with Gasteiger partial charge >= 0.3 is 23.9 Å². The molecule has 0 saturated heterocycles. The lowest BCUT2D eigenvalue weighted by atomic mass is 10.0. The summed E-state index contributed by atoms with van der Waals surface area (Å²) in [5.74, 6) is -14.3. The van der Waals surface area contributed by atoms with Crippen molar-refractivity contribution in [3.05, 3.63) is 153 Å². The van der Waals surface area contributed by atoms with Gasteiger partial charge in [-0.3, -0.25) is 81.9 Å². The zero-order valence-corrected chi connectivity index (χ0v) is 68.7. The first-order chi connectivity index (χ1) is 59.4. The third kappa shape index (κ3) is 32.5. The number of urea groups is 1. The molecule has 7 atom stereocenters. The van der Waals surface area contributed by atoms with Crippen molar-refractivity contribution in [1.29, 1.82) is 0 Å². The number of carbonyl (C=O) groups excluding carboxylic acids is 12. The normalized spacial score (nSPS) is 18.6. The molecule has 13 amide bonds. The lowest BCUT2D eigenvalue weighted by Crippen LogP contribution is -2.51. The Bertz CT molecular complexity index is 4530. The molecule has 124 heavy (non-hydrogen) atoms. The van der Waals surface area contributed by atoms with Crippen LogP contribution in [-0.2, 0) is 35.3 Å². The van der Waals surface area contributed by atoms with Gasteiger partial charge in [0.15, 0.2) is 0 Å². The number of phenolic OH excluding ortho intramolecular Hbond substituents is 4. The number of unbranched alkanes of at least 4 members (excludes halogenated alkanes) is 2. The summed E-state index contributed by atoms with van der Waals surface area (Å²) in [6, 6.07) is 18.1. The van der Waals surface area contributed by atoms with Gasteiger partial charge in [0.25, 0.3) is 59.1 Å². The van der Waals surface area contributed by atoms with Gasteiger partial charge in [0.05, 0.1) is 44.5 Å². The van der Waals surface area contributed by atoms with Crippen LogP contribution >= 0.6 is 0 Å². The van der Waals surface area contributed by atoms with Crippen molar-refractivity contribution >= 4 is 94.9 Å². The second kappa shape index (κ2) is 50.6. The third-order valence-electron chi connectivity index (χ3n) is 20.2. The Morgan fingerprint density at radius 1 is 0.379 bits per heavy atom. The number of fused-ring (bicyclic) bond motifs is 26. The Hall–Kier alpha value is -13.5. The number of benzene rings is 5. The number of hydrogen-bond donors (Lipinski definition) is 21. The molecule has 0 spiro atoms. The van der Waals surface area contributed by atoms with E-state index < -0.39 is 137 Å². The van der Waals surface area contributed by atoms with E-state index in [1.165, 1.54) is 72.8 Å². The topological polar surface area (TPSA) is 604 Å². The second-order valence-electron chi connectivity index (χ2n) is 29.4.